The lowest BCUT2D eigenvalue weighted by atomic mass is 10.2. The van der Waals surface area contributed by atoms with Crippen LogP contribution in [0.15, 0.2) is 18.2 Å². The molecule has 0 aliphatic heterocycles. The largest absolute Gasteiger partial charge is 0.417 e. The van der Waals surface area contributed by atoms with Crippen molar-refractivity contribution in [2.24, 2.45) is 0 Å². The van der Waals surface area contributed by atoms with Crippen LogP contribution >= 0.6 is 0 Å². The minimum Gasteiger partial charge on any atom is -0.385 e. The summed E-state index contributed by atoms with van der Waals surface area (Å²) < 4.78 is 36.8. The van der Waals surface area contributed by atoms with Crippen LogP contribution in [-0.4, -0.2) is 6.54 Å². The molecule has 1 nitrogen and oxygen atoms in total. The first-order chi connectivity index (χ1) is 8.04. The van der Waals surface area contributed by atoms with Crippen molar-refractivity contribution in [2.75, 3.05) is 11.9 Å². The molecule has 1 aromatic rings. The Bertz CT molecular complexity index is 316. The third kappa shape index (κ3) is 5.11. The number of anilines is 1. The maximum atomic E-state index is 12.3. The van der Waals surface area contributed by atoms with Crippen molar-refractivity contribution in [3.8, 4) is 0 Å². The van der Waals surface area contributed by atoms with Crippen molar-refractivity contribution in [3.05, 3.63) is 29.8 Å². The summed E-state index contributed by atoms with van der Waals surface area (Å²) >= 11 is 0. The van der Waals surface area contributed by atoms with Crippen LogP contribution in [0.5, 0.6) is 0 Å². The topological polar surface area (TPSA) is 12.0 Å². The summed E-state index contributed by atoms with van der Waals surface area (Å²) in [5.41, 5.74) is -0.0384. The molecule has 1 aromatic carbocycles. The van der Waals surface area contributed by atoms with Gasteiger partial charge in [0.1, 0.15) is 0 Å². The molecule has 0 fully saturated rings. The Hall–Kier alpha value is -1.19. The number of rotatable bonds is 6. The van der Waals surface area contributed by atoms with Gasteiger partial charge in [0, 0.05) is 12.2 Å². The molecule has 0 amide bonds. The lowest BCUT2D eigenvalue weighted by Gasteiger charge is -2.09. The van der Waals surface area contributed by atoms with E-state index < -0.39 is 11.7 Å². The Labute approximate surface area is 100 Å². The summed E-state index contributed by atoms with van der Waals surface area (Å²) in [6.45, 7) is 2.93. The zero-order chi connectivity index (χ0) is 12.7. The Morgan fingerprint density at radius 3 is 2.47 bits per heavy atom. The minimum atomic E-state index is -4.31. The first-order valence-corrected chi connectivity index (χ1v) is 5.87. The van der Waals surface area contributed by atoms with Gasteiger partial charge in [0.15, 0.2) is 0 Å². The SMILES string of the molecule is CCCCCCNc1c[c]c(C(F)(F)F)cc1. The van der Waals surface area contributed by atoms with Gasteiger partial charge in [0.2, 0.25) is 0 Å². The predicted octanol–water partition coefficient (Wildman–Crippen LogP) is 4.50. The number of halogens is 3. The van der Waals surface area contributed by atoms with Crippen LogP contribution in [-0.2, 0) is 6.18 Å². The van der Waals surface area contributed by atoms with E-state index in [0.717, 1.165) is 25.5 Å². The van der Waals surface area contributed by atoms with Crippen LogP contribution in [0.2, 0.25) is 0 Å². The molecular formula is C13H17F3N. The van der Waals surface area contributed by atoms with Gasteiger partial charge in [-0.15, -0.1) is 0 Å². The quantitative estimate of drug-likeness (QED) is 0.726. The zero-order valence-corrected chi connectivity index (χ0v) is 9.90. The van der Waals surface area contributed by atoms with Crippen LogP contribution < -0.4 is 5.32 Å². The fourth-order valence-corrected chi connectivity index (χ4v) is 1.50. The van der Waals surface area contributed by atoms with Crippen molar-refractivity contribution in [1.82, 2.24) is 0 Å². The molecular weight excluding hydrogens is 227 g/mol. The molecule has 0 heterocycles. The highest BCUT2D eigenvalue weighted by atomic mass is 19.4. The second-order valence-electron chi connectivity index (χ2n) is 3.98. The molecule has 0 aliphatic rings. The van der Waals surface area contributed by atoms with E-state index in [-0.39, 0.29) is 0 Å². The number of unbranched alkanes of at least 4 members (excludes halogenated alkanes) is 3. The molecule has 4 heteroatoms. The van der Waals surface area contributed by atoms with Crippen LogP contribution in [0.25, 0.3) is 0 Å². The number of hydrogen-bond acceptors (Lipinski definition) is 1. The standard InChI is InChI=1S/C13H17F3N/c1-2-3-4-5-10-17-12-8-6-11(7-9-12)13(14,15)16/h6,8-9,17H,2-5,10H2,1H3. The third-order valence-electron chi connectivity index (χ3n) is 2.48. The zero-order valence-electron chi connectivity index (χ0n) is 9.90. The minimum absolute atomic E-state index is 0.689. The lowest BCUT2D eigenvalue weighted by molar-refractivity contribution is -0.137. The summed E-state index contributed by atoms with van der Waals surface area (Å²) in [6.07, 6.45) is 0.247. The van der Waals surface area contributed by atoms with Gasteiger partial charge >= 0.3 is 6.18 Å². The smallest absolute Gasteiger partial charge is 0.385 e. The molecule has 17 heavy (non-hydrogen) atoms. The van der Waals surface area contributed by atoms with E-state index in [1.165, 1.54) is 25.0 Å². The maximum absolute atomic E-state index is 12.3. The molecule has 0 spiro atoms. The second kappa shape index (κ2) is 6.52. The van der Waals surface area contributed by atoms with E-state index >= 15 is 0 Å². The van der Waals surface area contributed by atoms with Crippen molar-refractivity contribution < 1.29 is 13.2 Å². The van der Waals surface area contributed by atoms with Gasteiger partial charge in [0.05, 0.1) is 5.56 Å². The summed E-state index contributed by atoms with van der Waals surface area (Å²) in [6, 6.07) is 6.08. The van der Waals surface area contributed by atoms with E-state index in [2.05, 4.69) is 18.3 Å². The second-order valence-corrected chi connectivity index (χ2v) is 3.98. The van der Waals surface area contributed by atoms with E-state index in [9.17, 15) is 13.2 Å². The highest BCUT2D eigenvalue weighted by molar-refractivity contribution is 5.44. The van der Waals surface area contributed by atoms with E-state index in [1.807, 2.05) is 0 Å². The van der Waals surface area contributed by atoms with Crippen molar-refractivity contribution in [3.63, 3.8) is 0 Å². The maximum Gasteiger partial charge on any atom is 0.417 e. The fourth-order valence-electron chi connectivity index (χ4n) is 1.50. The highest BCUT2D eigenvalue weighted by Crippen LogP contribution is 2.29. The van der Waals surface area contributed by atoms with E-state index in [0.29, 0.717) is 5.69 Å². The van der Waals surface area contributed by atoms with Gasteiger partial charge in [-0.3, -0.25) is 0 Å². The van der Waals surface area contributed by atoms with Crippen molar-refractivity contribution in [2.45, 2.75) is 38.8 Å². The number of alkyl halides is 3. The molecule has 0 aromatic heterocycles. The molecule has 95 valence electrons. The number of nitrogens with one attached hydrogen (secondary N) is 1. The molecule has 0 saturated heterocycles. The Morgan fingerprint density at radius 1 is 1.18 bits per heavy atom. The number of hydrogen-bond donors (Lipinski definition) is 1. The Balaban J connectivity index is 2.36. The van der Waals surface area contributed by atoms with Crippen molar-refractivity contribution >= 4 is 5.69 Å². The fraction of sp³-hybridized carbons (Fsp3) is 0.538. The normalized spacial score (nSPS) is 11.5. The van der Waals surface area contributed by atoms with Gasteiger partial charge in [-0.2, -0.15) is 13.2 Å². The van der Waals surface area contributed by atoms with E-state index in [4.69, 9.17) is 0 Å². The van der Waals surface area contributed by atoms with Crippen LogP contribution in [0.4, 0.5) is 18.9 Å². The Morgan fingerprint density at radius 2 is 1.94 bits per heavy atom. The molecule has 0 unspecified atom stereocenters. The average Bonchev–Trinajstić information content (AvgIpc) is 2.28. The van der Waals surface area contributed by atoms with Gasteiger partial charge in [-0.1, -0.05) is 26.2 Å². The first-order valence-electron chi connectivity index (χ1n) is 5.87. The summed E-state index contributed by atoms with van der Waals surface area (Å²) in [4.78, 5) is 0. The lowest BCUT2D eigenvalue weighted by Crippen LogP contribution is -2.06. The predicted molar refractivity (Wildman–Crippen MR) is 62.9 cm³/mol. The first kappa shape index (κ1) is 13.9. The van der Waals surface area contributed by atoms with Gasteiger partial charge in [-0.25, -0.2) is 0 Å². The molecule has 0 saturated carbocycles. The third-order valence-corrected chi connectivity index (χ3v) is 2.48. The molecule has 0 atom stereocenters. The molecule has 1 N–H and O–H groups in total. The van der Waals surface area contributed by atoms with Gasteiger partial charge < -0.3 is 5.32 Å². The van der Waals surface area contributed by atoms with Crippen LogP contribution in [0.3, 0.4) is 0 Å². The van der Waals surface area contributed by atoms with Crippen molar-refractivity contribution in [1.29, 1.82) is 0 Å². The molecule has 0 bridgehead atoms. The Kier molecular flexibility index (Phi) is 5.32. The molecule has 1 rings (SSSR count). The molecule has 1 radical (unpaired) electrons. The summed E-state index contributed by atoms with van der Waals surface area (Å²) in [7, 11) is 0. The summed E-state index contributed by atoms with van der Waals surface area (Å²) in [5, 5.41) is 3.08. The monoisotopic (exact) mass is 244 g/mol. The van der Waals surface area contributed by atoms with Gasteiger partial charge in [-0.05, 0) is 30.7 Å². The van der Waals surface area contributed by atoms with Crippen LogP contribution in [0, 0.1) is 6.07 Å². The van der Waals surface area contributed by atoms with Crippen LogP contribution in [0.1, 0.15) is 38.2 Å². The molecule has 0 aliphatic carbocycles. The van der Waals surface area contributed by atoms with E-state index in [1.54, 1.807) is 0 Å². The average molecular weight is 244 g/mol. The number of benzene rings is 1. The highest BCUT2D eigenvalue weighted by Gasteiger charge is 2.30. The van der Waals surface area contributed by atoms with Gasteiger partial charge in [0.25, 0.3) is 0 Å². The summed E-state index contributed by atoms with van der Waals surface area (Å²) in [5.74, 6) is 0.